The monoisotopic (exact) mass is 402 g/mol. The lowest BCUT2D eigenvalue weighted by molar-refractivity contribution is -0.119. The Labute approximate surface area is 167 Å². The number of Topliss-reactive ketones (excluding diaryl/α,β-unsaturated/α-hetero) is 1. The van der Waals surface area contributed by atoms with Crippen LogP contribution < -0.4 is 5.56 Å². The molecule has 2 saturated carbocycles. The Morgan fingerprint density at radius 2 is 1.67 bits per heavy atom. The van der Waals surface area contributed by atoms with E-state index in [1.54, 1.807) is 23.1 Å². The normalized spacial score (nSPS) is 23.9. The molecule has 0 aromatic carbocycles. The lowest BCUT2D eigenvalue weighted by Crippen LogP contribution is -2.29. The van der Waals surface area contributed by atoms with Gasteiger partial charge in [0.25, 0.3) is 5.56 Å². The van der Waals surface area contributed by atoms with Gasteiger partial charge in [0.1, 0.15) is 10.6 Å². The highest BCUT2D eigenvalue weighted by atomic mass is 32.2. The summed E-state index contributed by atoms with van der Waals surface area (Å²) in [7, 11) is 0. The van der Waals surface area contributed by atoms with Crippen LogP contribution in [0.1, 0.15) is 80.7 Å². The molecule has 27 heavy (non-hydrogen) atoms. The molecule has 0 radical (unpaired) electrons. The first-order valence-electron chi connectivity index (χ1n) is 10.5. The maximum Gasteiger partial charge on any atom is 0.263 e. The van der Waals surface area contributed by atoms with Crippen molar-refractivity contribution in [1.29, 1.82) is 0 Å². The quantitative estimate of drug-likeness (QED) is 0.674. The molecule has 0 spiro atoms. The van der Waals surface area contributed by atoms with E-state index in [0.29, 0.717) is 12.2 Å². The molecule has 0 amide bonds. The fourth-order valence-corrected chi connectivity index (χ4v) is 7.56. The van der Waals surface area contributed by atoms with Gasteiger partial charge >= 0.3 is 0 Å². The van der Waals surface area contributed by atoms with Gasteiger partial charge < -0.3 is 0 Å². The molecule has 3 aliphatic carbocycles. The Balaban J connectivity index is 1.65. The van der Waals surface area contributed by atoms with Crippen molar-refractivity contribution >= 4 is 39.1 Å². The molecular formula is C21H26N2O2S2. The summed E-state index contributed by atoms with van der Waals surface area (Å²) in [6.07, 6.45) is 12.7. The molecule has 2 aromatic heterocycles. The highest BCUT2D eigenvalue weighted by molar-refractivity contribution is 8.00. The Morgan fingerprint density at radius 3 is 2.48 bits per heavy atom. The van der Waals surface area contributed by atoms with Gasteiger partial charge in [-0.2, -0.15) is 0 Å². The van der Waals surface area contributed by atoms with Gasteiger partial charge in [-0.15, -0.1) is 11.3 Å². The van der Waals surface area contributed by atoms with Crippen LogP contribution in [-0.2, 0) is 17.6 Å². The molecule has 2 heterocycles. The number of thioether (sulfide) groups is 1. The van der Waals surface area contributed by atoms with E-state index in [4.69, 9.17) is 4.98 Å². The molecule has 0 N–H and O–H groups in total. The second-order valence-corrected chi connectivity index (χ2v) is 10.5. The van der Waals surface area contributed by atoms with Crippen molar-refractivity contribution in [3.63, 3.8) is 0 Å². The van der Waals surface area contributed by atoms with Crippen molar-refractivity contribution in [1.82, 2.24) is 9.55 Å². The van der Waals surface area contributed by atoms with E-state index in [2.05, 4.69) is 0 Å². The van der Waals surface area contributed by atoms with Crippen LogP contribution in [0.15, 0.2) is 9.95 Å². The Hall–Kier alpha value is -1.14. The summed E-state index contributed by atoms with van der Waals surface area (Å²) in [5, 5.41) is 1.67. The van der Waals surface area contributed by atoms with Crippen molar-refractivity contribution < 1.29 is 4.79 Å². The van der Waals surface area contributed by atoms with Crippen molar-refractivity contribution in [2.24, 2.45) is 0 Å². The minimum atomic E-state index is -0.0228. The highest BCUT2D eigenvalue weighted by Gasteiger charge is 2.30. The largest absolute Gasteiger partial charge is 0.298 e. The molecule has 144 valence electrons. The van der Waals surface area contributed by atoms with Gasteiger partial charge in [0.15, 0.2) is 5.16 Å². The molecule has 1 atom stereocenters. The summed E-state index contributed by atoms with van der Waals surface area (Å²) in [5.41, 5.74) is 1.44. The van der Waals surface area contributed by atoms with E-state index in [9.17, 15) is 9.59 Å². The molecule has 2 aromatic rings. The summed E-state index contributed by atoms with van der Waals surface area (Å²) >= 11 is 3.29. The number of fused-ring (bicyclic) bond motifs is 3. The number of ketones is 1. The zero-order chi connectivity index (χ0) is 18.4. The predicted molar refractivity (Wildman–Crippen MR) is 111 cm³/mol. The smallest absolute Gasteiger partial charge is 0.263 e. The summed E-state index contributed by atoms with van der Waals surface area (Å²) in [4.78, 5) is 33.3. The lowest BCUT2D eigenvalue weighted by Gasteiger charge is -2.23. The molecule has 3 aliphatic rings. The van der Waals surface area contributed by atoms with Crippen LogP contribution in [0.2, 0.25) is 0 Å². The highest BCUT2D eigenvalue weighted by Crippen LogP contribution is 2.39. The molecule has 0 saturated heterocycles. The first-order valence-corrected chi connectivity index (χ1v) is 12.2. The molecule has 4 nitrogen and oxygen atoms in total. The summed E-state index contributed by atoms with van der Waals surface area (Å²) in [6, 6.07) is 0.259. The van der Waals surface area contributed by atoms with Crippen LogP contribution in [0.25, 0.3) is 10.2 Å². The number of carbonyl (C=O) groups is 1. The number of aryl methyl sites for hydroxylation is 2. The van der Waals surface area contributed by atoms with Gasteiger partial charge in [0.2, 0.25) is 0 Å². The summed E-state index contributed by atoms with van der Waals surface area (Å²) in [6.45, 7) is 0. The first-order chi connectivity index (χ1) is 13.2. The van der Waals surface area contributed by atoms with Gasteiger partial charge in [-0.05, 0) is 56.9 Å². The number of thiophene rings is 1. The lowest BCUT2D eigenvalue weighted by atomic mass is 9.97. The van der Waals surface area contributed by atoms with Crippen LogP contribution in [0.3, 0.4) is 0 Å². The third-order valence-corrected chi connectivity index (χ3v) is 8.89. The predicted octanol–water partition coefficient (Wildman–Crippen LogP) is 5.06. The van der Waals surface area contributed by atoms with Gasteiger partial charge in [-0.25, -0.2) is 4.98 Å². The number of carbonyl (C=O) groups excluding carboxylic acids is 1. The van der Waals surface area contributed by atoms with Crippen LogP contribution >= 0.6 is 23.1 Å². The standard InChI is InChI=1S/C21H26N2O2S2/c24-15-10-4-6-12-17(15)27-21-22-19-18(14-9-3-5-11-16(14)26-19)20(25)23(21)13-7-1-2-8-13/h13,17H,1-12H2. The minimum Gasteiger partial charge on any atom is -0.298 e. The topological polar surface area (TPSA) is 52.0 Å². The van der Waals surface area contributed by atoms with Crippen molar-refractivity contribution in [3.05, 3.63) is 20.8 Å². The van der Waals surface area contributed by atoms with Gasteiger partial charge in [0.05, 0.1) is 10.6 Å². The Bertz CT molecular complexity index is 940. The van der Waals surface area contributed by atoms with E-state index in [-0.39, 0.29) is 16.9 Å². The van der Waals surface area contributed by atoms with Gasteiger partial charge in [0, 0.05) is 17.3 Å². The fourth-order valence-electron chi connectivity index (χ4n) is 4.97. The molecule has 1 unspecified atom stereocenters. The van der Waals surface area contributed by atoms with E-state index in [0.717, 1.165) is 60.3 Å². The van der Waals surface area contributed by atoms with Crippen LogP contribution in [0.5, 0.6) is 0 Å². The van der Waals surface area contributed by atoms with E-state index in [1.165, 1.54) is 36.1 Å². The maximum absolute atomic E-state index is 13.6. The third kappa shape index (κ3) is 3.19. The number of aromatic nitrogens is 2. The van der Waals surface area contributed by atoms with Gasteiger partial charge in [-0.1, -0.05) is 31.0 Å². The second-order valence-electron chi connectivity index (χ2n) is 8.22. The van der Waals surface area contributed by atoms with E-state index >= 15 is 0 Å². The van der Waals surface area contributed by atoms with Crippen molar-refractivity contribution in [2.45, 2.75) is 93.5 Å². The zero-order valence-corrected chi connectivity index (χ0v) is 17.3. The minimum absolute atomic E-state index is 0.0228. The molecule has 0 bridgehead atoms. The van der Waals surface area contributed by atoms with E-state index < -0.39 is 0 Å². The molecular weight excluding hydrogens is 376 g/mol. The zero-order valence-electron chi connectivity index (χ0n) is 15.7. The summed E-state index contributed by atoms with van der Waals surface area (Å²) in [5.74, 6) is 0.337. The number of nitrogens with zero attached hydrogens (tertiary/aromatic N) is 2. The van der Waals surface area contributed by atoms with Crippen molar-refractivity contribution in [2.75, 3.05) is 0 Å². The molecule has 0 aliphatic heterocycles. The van der Waals surface area contributed by atoms with Crippen LogP contribution in [0.4, 0.5) is 0 Å². The second kappa shape index (κ2) is 7.36. The maximum atomic E-state index is 13.6. The first kappa shape index (κ1) is 17.9. The number of hydrogen-bond acceptors (Lipinski definition) is 5. The Morgan fingerprint density at radius 1 is 0.926 bits per heavy atom. The van der Waals surface area contributed by atoms with Gasteiger partial charge in [-0.3, -0.25) is 14.2 Å². The molecule has 5 rings (SSSR count). The average molecular weight is 403 g/mol. The number of hydrogen-bond donors (Lipinski definition) is 0. The van der Waals surface area contributed by atoms with Crippen LogP contribution in [0, 0.1) is 0 Å². The van der Waals surface area contributed by atoms with Crippen molar-refractivity contribution in [3.8, 4) is 0 Å². The Kier molecular flexibility index (Phi) is 4.88. The molecule has 6 heteroatoms. The van der Waals surface area contributed by atoms with E-state index in [1.807, 2.05) is 4.57 Å². The SMILES string of the molecule is O=C1CCCCC1Sc1nc2sc3c(c2c(=O)n1C1CCCC1)CCCC3. The average Bonchev–Trinajstić information content (AvgIpc) is 3.31. The fraction of sp³-hybridized carbons (Fsp3) is 0.667. The number of rotatable bonds is 3. The third-order valence-electron chi connectivity index (χ3n) is 6.42. The van der Waals surface area contributed by atoms with Crippen LogP contribution in [-0.4, -0.2) is 20.6 Å². The summed E-state index contributed by atoms with van der Waals surface area (Å²) < 4.78 is 1.99. The molecule has 2 fully saturated rings.